The minimum Gasteiger partial charge on any atom is -0.485 e. The number of nitrogens with zero attached hydrogens (tertiary/aromatic N) is 6. The first kappa shape index (κ1) is 19.6. The Morgan fingerprint density at radius 1 is 1.06 bits per heavy atom. The summed E-state index contributed by atoms with van der Waals surface area (Å²) < 4.78 is 6.85. The van der Waals surface area contributed by atoms with Crippen LogP contribution in [-0.2, 0) is 17.9 Å². The molecule has 1 aliphatic heterocycles. The van der Waals surface area contributed by atoms with E-state index in [1.165, 1.54) is 14.5 Å². The van der Waals surface area contributed by atoms with Gasteiger partial charge in [-0.2, -0.15) is 4.80 Å². The van der Waals surface area contributed by atoms with E-state index in [1.807, 2.05) is 47.4 Å². The van der Waals surface area contributed by atoms with Crippen LogP contribution in [0.1, 0.15) is 29.6 Å². The van der Waals surface area contributed by atoms with Crippen molar-refractivity contribution in [2.75, 3.05) is 13.1 Å². The zero-order valence-corrected chi connectivity index (χ0v) is 17.7. The van der Waals surface area contributed by atoms with Gasteiger partial charge in [0.15, 0.2) is 6.61 Å². The van der Waals surface area contributed by atoms with Gasteiger partial charge >= 0.3 is 0 Å². The third-order valence-electron chi connectivity index (χ3n) is 5.39. The second-order valence-electron chi connectivity index (χ2n) is 7.51. The molecule has 1 aliphatic rings. The smallest absolute Gasteiger partial charge is 0.246 e. The van der Waals surface area contributed by atoms with Gasteiger partial charge < -0.3 is 9.64 Å². The summed E-state index contributed by atoms with van der Waals surface area (Å²) in [6.45, 7) is 1.74. The zero-order chi connectivity index (χ0) is 21.0. The number of carbonyl (C=O) groups excluding carboxylic acids is 1. The van der Waals surface area contributed by atoms with Crippen LogP contribution in [0.25, 0.3) is 10.2 Å². The number of amides is 1. The maximum absolute atomic E-state index is 12.7. The van der Waals surface area contributed by atoms with E-state index in [1.54, 1.807) is 11.3 Å². The third-order valence-corrected chi connectivity index (χ3v) is 6.59. The summed E-state index contributed by atoms with van der Waals surface area (Å²) in [5.74, 6) is 1.61. The van der Waals surface area contributed by atoms with E-state index in [0.717, 1.165) is 37.2 Å². The lowest BCUT2D eigenvalue weighted by Gasteiger charge is -2.30. The Morgan fingerprint density at radius 2 is 1.84 bits per heavy atom. The topological polar surface area (TPSA) is 86.0 Å². The summed E-state index contributed by atoms with van der Waals surface area (Å²) in [5.41, 5.74) is 1.06. The number of carbonyl (C=O) groups is 1. The molecule has 0 spiro atoms. The van der Waals surface area contributed by atoms with Crippen molar-refractivity contribution in [2.45, 2.75) is 31.9 Å². The number of piperidine rings is 1. The SMILES string of the molecule is O=C(Cn1nnc(COc2ccccc2)n1)N1CCC(c2nc3ccccc3s2)CC1. The standard InChI is InChI=1S/C22H22N6O2S/c29-21(14-28-25-20(24-26-28)15-30-17-6-2-1-3-7-17)27-12-10-16(11-13-27)22-23-18-8-4-5-9-19(18)31-22/h1-9,16H,10-15H2. The number of ether oxygens (including phenoxy) is 1. The molecule has 4 aromatic rings. The first-order valence-corrected chi connectivity index (χ1v) is 11.1. The Bertz CT molecular complexity index is 1130. The van der Waals surface area contributed by atoms with E-state index in [4.69, 9.17) is 9.72 Å². The molecule has 158 valence electrons. The zero-order valence-electron chi connectivity index (χ0n) is 16.9. The van der Waals surface area contributed by atoms with Crippen LogP contribution in [0, 0.1) is 0 Å². The van der Waals surface area contributed by atoms with Crippen molar-refractivity contribution in [2.24, 2.45) is 0 Å². The van der Waals surface area contributed by atoms with Gasteiger partial charge in [-0.1, -0.05) is 30.3 Å². The number of fused-ring (bicyclic) bond motifs is 1. The summed E-state index contributed by atoms with van der Waals surface area (Å²) in [6, 6.07) is 17.7. The average molecular weight is 435 g/mol. The predicted octanol–water partition coefficient (Wildman–Crippen LogP) is 3.27. The molecule has 1 saturated heterocycles. The fraction of sp³-hybridized carbons (Fsp3) is 0.318. The van der Waals surface area contributed by atoms with E-state index in [9.17, 15) is 4.79 Å². The van der Waals surface area contributed by atoms with Gasteiger partial charge in [-0.3, -0.25) is 4.79 Å². The largest absolute Gasteiger partial charge is 0.485 e. The highest BCUT2D eigenvalue weighted by molar-refractivity contribution is 7.18. The lowest BCUT2D eigenvalue weighted by molar-refractivity contribution is -0.133. The minimum absolute atomic E-state index is 0.00989. The number of rotatable bonds is 6. The number of aromatic nitrogens is 5. The molecule has 31 heavy (non-hydrogen) atoms. The number of thiazole rings is 1. The third kappa shape index (κ3) is 4.56. The van der Waals surface area contributed by atoms with Gasteiger partial charge in [0.2, 0.25) is 11.7 Å². The predicted molar refractivity (Wildman–Crippen MR) is 117 cm³/mol. The highest BCUT2D eigenvalue weighted by atomic mass is 32.1. The minimum atomic E-state index is 0.00989. The van der Waals surface area contributed by atoms with Gasteiger partial charge in [0.25, 0.3) is 0 Å². The van der Waals surface area contributed by atoms with E-state index in [-0.39, 0.29) is 19.1 Å². The molecule has 0 bridgehead atoms. The van der Waals surface area contributed by atoms with Crippen molar-refractivity contribution >= 4 is 27.5 Å². The Kier molecular flexibility index (Phi) is 5.57. The Labute approximate surface area is 183 Å². The molecule has 2 aromatic carbocycles. The molecule has 0 unspecified atom stereocenters. The van der Waals surface area contributed by atoms with Crippen molar-refractivity contribution < 1.29 is 9.53 Å². The molecule has 3 heterocycles. The van der Waals surface area contributed by atoms with Gasteiger partial charge in [0.05, 0.1) is 15.2 Å². The number of hydrogen-bond acceptors (Lipinski definition) is 7. The molecule has 9 heteroatoms. The number of para-hydroxylation sites is 2. The number of likely N-dealkylation sites (tertiary alicyclic amines) is 1. The lowest BCUT2D eigenvalue weighted by atomic mass is 9.97. The summed E-state index contributed by atoms with van der Waals surface area (Å²) in [4.78, 5) is 20.7. The van der Waals surface area contributed by atoms with Gasteiger partial charge in [-0.05, 0) is 42.3 Å². The van der Waals surface area contributed by atoms with E-state index in [0.29, 0.717) is 11.7 Å². The van der Waals surface area contributed by atoms with Crippen molar-refractivity contribution in [1.82, 2.24) is 30.1 Å². The fourth-order valence-electron chi connectivity index (χ4n) is 3.73. The average Bonchev–Trinajstić information content (AvgIpc) is 3.45. The van der Waals surface area contributed by atoms with Crippen LogP contribution in [0.4, 0.5) is 0 Å². The summed E-state index contributed by atoms with van der Waals surface area (Å²) in [5, 5.41) is 13.4. The fourth-order valence-corrected chi connectivity index (χ4v) is 4.86. The normalized spacial score (nSPS) is 14.8. The first-order valence-electron chi connectivity index (χ1n) is 10.3. The Morgan fingerprint density at radius 3 is 2.65 bits per heavy atom. The van der Waals surface area contributed by atoms with Crippen LogP contribution >= 0.6 is 11.3 Å². The summed E-state index contributed by atoms with van der Waals surface area (Å²) in [7, 11) is 0. The molecule has 0 radical (unpaired) electrons. The molecule has 5 rings (SSSR count). The maximum atomic E-state index is 12.7. The van der Waals surface area contributed by atoms with Gasteiger partial charge in [0, 0.05) is 19.0 Å². The van der Waals surface area contributed by atoms with Gasteiger partial charge in [-0.25, -0.2) is 4.98 Å². The molecule has 0 atom stereocenters. The molecule has 8 nitrogen and oxygen atoms in total. The second kappa shape index (κ2) is 8.81. The summed E-state index contributed by atoms with van der Waals surface area (Å²) >= 11 is 1.76. The maximum Gasteiger partial charge on any atom is 0.246 e. The Balaban J connectivity index is 1.13. The monoisotopic (exact) mass is 434 g/mol. The molecule has 0 saturated carbocycles. The second-order valence-corrected chi connectivity index (χ2v) is 8.57. The van der Waals surface area contributed by atoms with Crippen LogP contribution in [0.5, 0.6) is 5.75 Å². The van der Waals surface area contributed by atoms with Crippen LogP contribution in [-0.4, -0.2) is 49.1 Å². The van der Waals surface area contributed by atoms with E-state index >= 15 is 0 Å². The van der Waals surface area contributed by atoms with Crippen molar-refractivity contribution in [3.05, 3.63) is 65.4 Å². The van der Waals surface area contributed by atoms with Crippen LogP contribution in [0.15, 0.2) is 54.6 Å². The number of benzene rings is 2. The molecular weight excluding hydrogens is 412 g/mol. The van der Waals surface area contributed by atoms with Crippen molar-refractivity contribution in [3.8, 4) is 5.75 Å². The highest BCUT2D eigenvalue weighted by Gasteiger charge is 2.26. The molecule has 1 fully saturated rings. The molecular formula is C22H22N6O2S. The Hall–Kier alpha value is -3.33. The number of hydrogen-bond donors (Lipinski definition) is 0. The molecule has 0 N–H and O–H groups in total. The quantitative estimate of drug-likeness (QED) is 0.463. The van der Waals surface area contributed by atoms with Crippen LogP contribution in [0.3, 0.4) is 0 Å². The molecule has 2 aromatic heterocycles. The van der Waals surface area contributed by atoms with Crippen LogP contribution in [0.2, 0.25) is 0 Å². The van der Waals surface area contributed by atoms with Crippen molar-refractivity contribution in [1.29, 1.82) is 0 Å². The van der Waals surface area contributed by atoms with Crippen molar-refractivity contribution in [3.63, 3.8) is 0 Å². The van der Waals surface area contributed by atoms with Crippen LogP contribution < -0.4 is 4.74 Å². The highest BCUT2D eigenvalue weighted by Crippen LogP contribution is 2.33. The van der Waals surface area contributed by atoms with Gasteiger partial charge in [0.1, 0.15) is 12.3 Å². The molecule has 0 aliphatic carbocycles. The summed E-state index contributed by atoms with van der Waals surface area (Å²) in [6.07, 6.45) is 1.85. The first-order chi connectivity index (χ1) is 15.2. The molecule has 1 amide bonds. The van der Waals surface area contributed by atoms with E-state index in [2.05, 4.69) is 27.5 Å². The number of tetrazole rings is 1. The van der Waals surface area contributed by atoms with E-state index < -0.39 is 0 Å². The van der Waals surface area contributed by atoms with Gasteiger partial charge in [-0.15, -0.1) is 21.5 Å². The lowest BCUT2D eigenvalue weighted by Crippen LogP contribution is -2.40.